The normalized spacial score (nSPS) is 20.4. The molecule has 1 unspecified atom stereocenters. The Labute approximate surface area is 139 Å². The fourth-order valence-corrected chi connectivity index (χ4v) is 3.38. The van der Waals surface area contributed by atoms with E-state index in [0.29, 0.717) is 15.7 Å². The summed E-state index contributed by atoms with van der Waals surface area (Å²) in [4.78, 5) is 13.2. The minimum absolute atomic E-state index is 0.0537. The van der Waals surface area contributed by atoms with Crippen LogP contribution in [-0.4, -0.2) is 26.0 Å². The van der Waals surface area contributed by atoms with Crippen molar-refractivity contribution < 1.29 is 9.28 Å². The van der Waals surface area contributed by atoms with E-state index in [1.165, 1.54) is 23.1 Å². The summed E-state index contributed by atoms with van der Waals surface area (Å²) >= 11 is 23.8. The first-order valence-corrected chi connectivity index (χ1v) is 7.77. The number of hydrazine groups is 1. The summed E-state index contributed by atoms with van der Waals surface area (Å²) in [6, 6.07) is 3.67. The van der Waals surface area contributed by atoms with Gasteiger partial charge in [0.1, 0.15) is 6.17 Å². The number of urea groups is 1. The van der Waals surface area contributed by atoms with E-state index < -0.39 is 16.4 Å². The summed E-state index contributed by atoms with van der Waals surface area (Å²) in [6.45, 7) is 1.62. The standard InChI is InChI=1S/C10H8Cl4FN3OS/c1-5-16(8-3-6(11)2-7(12)4-8)10(19)17(15)18(5)20-9(13)14/h2-5,9H,1H3. The van der Waals surface area contributed by atoms with Crippen molar-refractivity contribution in [2.45, 2.75) is 17.3 Å². The fourth-order valence-electron chi connectivity index (χ4n) is 1.79. The summed E-state index contributed by atoms with van der Waals surface area (Å²) in [6.07, 6.45) is -0.646. The van der Waals surface area contributed by atoms with Crippen molar-refractivity contribution >= 4 is 70.1 Å². The minimum Gasteiger partial charge on any atom is -0.272 e. The number of carbonyl (C=O) groups excluding carboxylic acids is 1. The second-order valence-electron chi connectivity index (χ2n) is 3.84. The van der Waals surface area contributed by atoms with Crippen LogP contribution in [-0.2, 0) is 0 Å². The maximum absolute atomic E-state index is 13.9. The van der Waals surface area contributed by atoms with Gasteiger partial charge in [0, 0.05) is 10.0 Å². The molecule has 10 heteroatoms. The maximum atomic E-state index is 13.9. The predicted octanol–water partition coefficient (Wildman–Crippen LogP) is 5.09. The molecule has 0 N–H and O–H groups in total. The van der Waals surface area contributed by atoms with E-state index in [1.54, 1.807) is 6.92 Å². The van der Waals surface area contributed by atoms with E-state index in [0.717, 1.165) is 16.4 Å². The van der Waals surface area contributed by atoms with Crippen LogP contribution in [0.2, 0.25) is 10.0 Å². The molecule has 1 fully saturated rings. The molecule has 1 aromatic carbocycles. The van der Waals surface area contributed by atoms with Crippen molar-refractivity contribution in [1.29, 1.82) is 0 Å². The summed E-state index contributed by atoms with van der Waals surface area (Å²) < 4.78 is 14.0. The first-order valence-electron chi connectivity index (χ1n) is 5.30. The first-order chi connectivity index (χ1) is 9.31. The van der Waals surface area contributed by atoms with Gasteiger partial charge in [-0.1, -0.05) is 56.1 Å². The summed E-state index contributed by atoms with van der Waals surface area (Å²) in [7, 11) is 0. The lowest BCUT2D eigenvalue weighted by atomic mass is 10.3. The highest BCUT2D eigenvalue weighted by Crippen LogP contribution is 2.38. The van der Waals surface area contributed by atoms with Gasteiger partial charge in [-0.25, -0.2) is 4.79 Å². The van der Waals surface area contributed by atoms with Gasteiger partial charge in [0.25, 0.3) is 0 Å². The van der Waals surface area contributed by atoms with Crippen LogP contribution in [0.25, 0.3) is 0 Å². The lowest BCUT2D eigenvalue weighted by molar-refractivity contribution is -0.0427. The lowest BCUT2D eigenvalue weighted by Crippen LogP contribution is -2.34. The van der Waals surface area contributed by atoms with Gasteiger partial charge in [0.05, 0.1) is 5.69 Å². The highest BCUT2D eigenvalue weighted by molar-refractivity contribution is 8.00. The van der Waals surface area contributed by atoms with Gasteiger partial charge in [0.15, 0.2) is 4.17 Å². The van der Waals surface area contributed by atoms with Crippen LogP contribution >= 0.6 is 58.4 Å². The Morgan fingerprint density at radius 3 is 2.30 bits per heavy atom. The van der Waals surface area contributed by atoms with Crippen LogP contribution in [0, 0.1) is 0 Å². The zero-order chi connectivity index (χ0) is 15.0. The predicted molar refractivity (Wildman–Crippen MR) is 81.7 cm³/mol. The Hall–Kier alpha value is -0.110. The smallest absolute Gasteiger partial charge is 0.272 e. The van der Waals surface area contributed by atoms with E-state index in [1.807, 2.05) is 0 Å². The third kappa shape index (κ3) is 3.21. The Morgan fingerprint density at radius 2 is 1.80 bits per heavy atom. The fraction of sp³-hybridized carbons (Fsp3) is 0.300. The number of benzene rings is 1. The molecule has 2 amide bonds. The zero-order valence-electron chi connectivity index (χ0n) is 9.93. The topological polar surface area (TPSA) is 26.8 Å². The molecule has 0 bridgehead atoms. The maximum Gasteiger partial charge on any atom is 0.370 e. The molecule has 0 aliphatic carbocycles. The molecule has 2 rings (SSSR count). The average Bonchev–Trinajstić information content (AvgIpc) is 2.52. The first kappa shape index (κ1) is 16.3. The van der Waals surface area contributed by atoms with Gasteiger partial charge < -0.3 is 0 Å². The molecule has 0 spiro atoms. The number of hydrogen-bond acceptors (Lipinski definition) is 3. The van der Waals surface area contributed by atoms with Crippen LogP contribution in [0.4, 0.5) is 15.0 Å². The molecule has 1 aromatic rings. The number of amides is 2. The van der Waals surface area contributed by atoms with Crippen molar-refractivity contribution in [3.63, 3.8) is 0 Å². The van der Waals surface area contributed by atoms with E-state index in [9.17, 15) is 9.28 Å². The quantitative estimate of drug-likeness (QED) is 0.416. The number of alkyl halides is 2. The number of rotatable bonds is 3. The van der Waals surface area contributed by atoms with Gasteiger partial charge in [-0.05, 0) is 37.1 Å². The number of anilines is 1. The van der Waals surface area contributed by atoms with Crippen molar-refractivity contribution in [3.05, 3.63) is 28.2 Å². The average molecular weight is 379 g/mol. The van der Waals surface area contributed by atoms with Crippen LogP contribution in [0.5, 0.6) is 0 Å². The van der Waals surface area contributed by atoms with E-state index in [2.05, 4.69) is 0 Å². The molecule has 1 atom stereocenters. The van der Waals surface area contributed by atoms with E-state index >= 15 is 0 Å². The van der Waals surface area contributed by atoms with Crippen molar-refractivity contribution in [2.24, 2.45) is 0 Å². The molecule has 0 saturated carbocycles. The van der Waals surface area contributed by atoms with Crippen LogP contribution in [0.15, 0.2) is 18.2 Å². The molecule has 0 radical (unpaired) electrons. The van der Waals surface area contributed by atoms with E-state index in [-0.39, 0.29) is 5.23 Å². The number of halogens is 5. The Morgan fingerprint density at radius 1 is 1.25 bits per heavy atom. The summed E-state index contributed by atoms with van der Waals surface area (Å²) in [5.41, 5.74) is 0.381. The monoisotopic (exact) mass is 377 g/mol. The highest BCUT2D eigenvalue weighted by Gasteiger charge is 2.45. The molecule has 1 heterocycles. The molecule has 0 aromatic heterocycles. The SMILES string of the molecule is CC1N(c2cc(Cl)cc(Cl)c2)C(=O)N(F)N1SC(Cl)Cl. The molecule has 20 heavy (non-hydrogen) atoms. The second-order valence-corrected chi connectivity index (χ2v) is 7.38. The summed E-state index contributed by atoms with van der Waals surface area (Å²) in [5, 5.41) is 0.634. The highest BCUT2D eigenvalue weighted by atomic mass is 35.5. The van der Waals surface area contributed by atoms with Crippen molar-refractivity contribution in [1.82, 2.24) is 9.65 Å². The molecule has 4 nitrogen and oxygen atoms in total. The third-order valence-electron chi connectivity index (χ3n) is 2.54. The lowest BCUT2D eigenvalue weighted by Gasteiger charge is -2.24. The second kappa shape index (κ2) is 6.34. The van der Waals surface area contributed by atoms with Crippen LogP contribution in [0.1, 0.15) is 6.92 Å². The number of carbonyl (C=O) groups is 1. The number of hydrogen-bond donors (Lipinski definition) is 0. The molecule has 110 valence electrons. The molecule has 1 aliphatic heterocycles. The van der Waals surface area contributed by atoms with Gasteiger partial charge in [-0.2, -0.15) is 0 Å². The minimum atomic E-state index is -0.911. The molecular weight excluding hydrogens is 371 g/mol. The van der Waals surface area contributed by atoms with Crippen molar-refractivity contribution in [3.8, 4) is 0 Å². The number of nitrogens with zero attached hydrogens (tertiary/aromatic N) is 3. The van der Waals surface area contributed by atoms with Gasteiger partial charge in [-0.15, -0.1) is 4.41 Å². The Bertz CT molecular complexity index is 515. The molecular formula is C10H8Cl4FN3OS. The van der Waals surface area contributed by atoms with Crippen LogP contribution < -0.4 is 4.90 Å². The zero-order valence-corrected chi connectivity index (χ0v) is 13.8. The largest absolute Gasteiger partial charge is 0.370 e. The van der Waals surface area contributed by atoms with E-state index in [4.69, 9.17) is 46.4 Å². The van der Waals surface area contributed by atoms with Gasteiger partial charge in [-0.3, -0.25) is 4.90 Å². The van der Waals surface area contributed by atoms with Crippen LogP contribution in [0.3, 0.4) is 0 Å². The summed E-state index contributed by atoms with van der Waals surface area (Å²) in [5.74, 6) is 0. The molecule has 1 saturated heterocycles. The Balaban J connectivity index is 2.34. The third-order valence-corrected chi connectivity index (χ3v) is 4.28. The van der Waals surface area contributed by atoms with Gasteiger partial charge >= 0.3 is 6.03 Å². The van der Waals surface area contributed by atoms with Gasteiger partial charge in [0.2, 0.25) is 0 Å². The van der Waals surface area contributed by atoms with Crippen molar-refractivity contribution in [2.75, 3.05) is 4.90 Å². The molecule has 1 aliphatic rings. The Kier molecular flexibility index (Phi) is 5.15.